The van der Waals surface area contributed by atoms with Crippen molar-refractivity contribution in [2.75, 3.05) is 0 Å². The summed E-state index contributed by atoms with van der Waals surface area (Å²) < 4.78 is 12.1. The Morgan fingerprint density at radius 1 is 1.04 bits per heavy atom. The van der Waals surface area contributed by atoms with Crippen molar-refractivity contribution in [2.45, 2.75) is 77.5 Å². The first-order chi connectivity index (χ1) is 10.6. The number of furan rings is 1. The highest BCUT2D eigenvalue weighted by Gasteiger charge is 2.33. The molecule has 1 aromatic carbocycles. The summed E-state index contributed by atoms with van der Waals surface area (Å²) in [4.78, 5) is 0. The van der Waals surface area contributed by atoms with Crippen LogP contribution in [0.2, 0.25) is 0 Å². The molecule has 0 aliphatic heterocycles. The molecule has 126 valence electrons. The lowest BCUT2D eigenvalue weighted by Crippen LogP contribution is -2.53. The molecule has 0 atom stereocenters. The first-order valence-corrected chi connectivity index (χ1v) is 8.59. The Balaban J connectivity index is 1.64. The Morgan fingerprint density at radius 2 is 1.74 bits per heavy atom. The molecule has 3 nitrogen and oxygen atoms in total. The third-order valence-electron chi connectivity index (χ3n) is 4.26. The van der Waals surface area contributed by atoms with Crippen molar-refractivity contribution >= 4 is 11.0 Å². The summed E-state index contributed by atoms with van der Waals surface area (Å²) in [6, 6.07) is 8.84. The zero-order valence-corrected chi connectivity index (χ0v) is 15.2. The predicted molar refractivity (Wildman–Crippen MR) is 95.2 cm³/mol. The van der Waals surface area contributed by atoms with E-state index in [-0.39, 0.29) is 11.0 Å². The molecule has 1 aliphatic carbocycles. The molecule has 1 fully saturated rings. The van der Waals surface area contributed by atoms with E-state index in [2.05, 4.69) is 59.0 Å². The van der Waals surface area contributed by atoms with Gasteiger partial charge in [0.1, 0.15) is 23.2 Å². The highest BCUT2D eigenvalue weighted by Crippen LogP contribution is 2.33. The number of nitrogens with one attached hydrogen (secondary N) is 1. The number of fused-ring (bicyclic) bond motifs is 1. The van der Waals surface area contributed by atoms with Gasteiger partial charge in [-0.25, -0.2) is 0 Å². The van der Waals surface area contributed by atoms with E-state index in [9.17, 15) is 0 Å². The summed E-state index contributed by atoms with van der Waals surface area (Å²) in [5.41, 5.74) is 1.14. The molecule has 3 rings (SSSR count). The molecule has 23 heavy (non-hydrogen) atoms. The first-order valence-electron chi connectivity index (χ1n) is 8.59. The van der Waals surface area contributed by atoms with E-state index in [0.717, 1.165) is 35.3 Å². The monoisotopic (exact) mass is 315 g/mol. The number of ether oxygens (including phenoxy) is 1. The minimum atomic E-state index is 0.0276. The molecule has 0 spiro atoms. The Bertz CT molecular complexity index is 682. The summed E-state index contributed by atoms with van der Waals surface area (Å²) in [6.07, 6.45) is 2.48. The van der Waals surface area contributed by atoms with Gasteiger partial charge in [-0.3, -0.25) is 0 Å². The second-order valence-electron chi connectivity index (χ2n) is 8.86. The van der Waals surface area contributed by atoms with Gasteiger partial charge in [0, 0.05) is 22.4 Å². The molecule has 1 N–H and O–H groups in total. The summed E-state index contributed by atoms with van der Waals surface area (Å²) >= 11 is 0. The molecular formula is C20H29NO2. The fourth-order valence-electron chi connectivity index (χ4n) is 3.05. The van der Waals surface area contributed by atoms with Gasteiger partial charge in [0.05, 0.1) is 0 Å². The smallest absolute Gasteiger partial charge is 0.134 e. The van der Waals surface area contributed by atoms with Crippen LogP contribution in [0.5, 0.6) is 5.75 Å². The van der Waals surface area contributed by atoms with E-state index >= 15 is 0 Å². The van der Waals surface area contributed by atoms with Gasteiger partial charge in [-0.2, -0.15) is 0 Å². The highest BCUT2D eigenvalue weighted by molar-refractivity contribution is 5.79. The summed E-state index contributed by atoms with van der Waals surface area (Å²) in [7, 11) is 0. The van der Waals surface area contributed by atoms with Crippen molar-refractivity contribution in [3.05, 3.63) is 30.0 Å². The normalized spacial score (nSPS) is 22.2. The third kappa shape index (κ3) is 3.89. The van der Waals surface area contributed by atoms with Crippen molar-refractivity contribution in [3.8, 4) is 5.75 Å². The van der Waals surface area contributed by atoms with E-state index < -0.39 is 0 Å². The Kier molecular flexibility index (Phi) is 3.96. The number of hydrogen-bond acceptors (Lipinski definition) is 3. The molecule has 0 saturated heterocycles. The molecule has 0 radical (unpaired) electrons. The third-order valence-corrected chi connectivity index (χ3v) is 4.26. The van der Waals surface area contributed by atoms with Crippen LogP contribution < -0.4 is 10.1 Å². The molecule has 2 aromatic rings. The van der Waals surface area contributed by atoms with E-state index in [0.29, 0.717) is 12.1 Å². The molecule has 1 heterocycles. The van der Waals surface area contributed by atoms with Crippen molar-refractivity contribution in [1.29, 1.82) is 0 Å². The largest absolute Gasteiger partial charge is 0.490 e. The van der Waals surface area contributed by atoms with Crippen LogP contribution in [0.4, 0.5) is 0 Å². The van der Waals surface area contributed by atoms with Crippen LogP contribution in [0.3, 0.4) is 0 Å². The van der Waals surface area contributed by atoms with E-state index in [1.165, 1.54) is 0 Å². The topological polar surface area (TPSA) is 34.4 Å². The van der Waals surface area contributed by atoms with Crippen LogP contribution in [-0.4, -0.2) is 17.7 Å². The summed E-state index contributed by atoms with van der Waals surface area (Å²) in [5.74, 6) is 1.96. The molecular weight excluding hydrogens is 286 g/mol. The molecule has 0 amide bonds. The zero-order valence-electron chi connectivity index (χ0n) is 15.2. The quantitative estimate of drug-likeness (QED) is 0.862. The van der Waals surface area contributed by atoms with Crippen LogP contribution in [0.15, 0.2) is 28.7 Å². The SMILES string of the molecule is CC(C)(C)N[C@H]1C[C@H](Oc2ccc3oc(C(C)(C)C)cc3c2)C1. The fraction of sp³-hybridized carbons (Fsp3) is 0.600. The maximum atomic E-state index is 6.12. The van der Waals surface area contributed by atoms with E-state index in [1.807, 2.05) is 12.1 Å². The van der Waals surface area contributed by atoms with Crippen LogP contribution in [0.1, 0.15) is 60.1 Å². The van der Waals surface area contributed by atoms with Gasteiger partial charge in [-0.05, 0) is 57.9 Å². The molecule has 1 aromatic heterocycles. The van der Waals surface area contributed by atoms with Gasteiger partial charge < -0.3 is 14.5 Å². The standard InChI is InChI=1S/C20H29NO2/c1-19(2,3)18-10-13-9-15(7-8-17(13)23-18)22-16-11-14(12-16)21-20(4,5)6/h7-10,14,16,21H,11-12H2,1-6H3/t14-,16-. The van der Waals surface area contributed by atoms with Crippen LogP contribution in [0, 0.1) is 0 Å². The maximum Gasteiger partial charge on any atom is 0.134 e. The van der Waals surface area contributed by atoms with Crippen molar-refractivity contribution in [2.24, 2.45) is 0 Å². The van der Waals surface area contributed by atoms with Crippen molar-refractivity contribution in [1.82, 2.24) is 5.32 Å². The molecule has 1 aliphatic rings. The predicted octanol–water partition coefficient (Wildman–Crippen LogP) is 5.03. The average molecular weight is 315 g/mol. The van der Waals surface area contributed by atoms with E-state index in [4.69, 9.17) is 9.15 Å². The minimum absolute atomic E-state index is 0.0276. The zero-order chi connectivity index (χ0) is 16.8. The number of rotatable bonds is 3. The summed E-state index contributed by atoms with van der Waals surface area (Å²) in [5, 5.41) is 4.75. The lowest BCUT2D eigenvalue weighted by Gasteiger charge is -2.40. The second-order valence-corrected chi connectivity index (χ2v) is 8.86. The van der Waals surface area contributed by atoms with Crippen LogP contribution in [0.25, 0.3) is 11.0 Å². The molecule has 3 heteroatoms. The Hall–Kier alpha value is -1.48. The van der Waals surface area contributed by atoms with Gasteiger partial charge in [0.15, 0.2) is 0 Å². The van der Waals surface area contributed by atoms with E-state index in [1.54, 1.807) is 0 Å². The Morgan fingerprint density at radius 3 is 2.35 bits per heavy atom. The number of hydrogen-bond donors (Lipinski definition) is 1. The fourth-order valence-corrected chi connectivity index (χ4v) is 3.05. The lowest BCUT2D eigenvalue weighted by molar-refractivity contribution is 0.0735. The molecule has 1 saturated carbocycles. The van der Waals surface area contributed by atoms with Gasteiger partial charge >= 0.3 is 0 Å². The van der Waals surface area contributed by atoms with Crippen molar-refractivity contribution in [3.63, 3.8) is 0 Å². The molecule has 0 bridgehead atoms. The minimum Gasteiger partial charge on any atom is -0.490 e. The Labute approximate surface area is 139 Å². The lowest BCUT2D eigenvalue weighted by atomic mass is 9.87. The summed E-state index contributed by atoms with van der Waals surface area (Å²) in [6.45, 7) is 13.1. The molecule has 0 unspecified atom stereocenters. The van der Waals surface area contributed by atoms with Gasteiger partial charge in [-0.15, -0.1) is 0 Å². The number of benzene rings is 1. The average Bonchev–Trinajstić information content (AvgIpc) is 2.77. The van der Waals surface area contributed by atoms with Gasteiger partial charge in [-0.1, -0.05) is 20.8 Å². The van der Waals surface area contributed by atoms with Gasteiger partial charge in [0.25, 0.3) is 0 Å². The first kappa shape index (κ1) is 16.4. The van der Waals surface area contributed by atoms with Crippen molar-refractivity contribution < 1.29 is 9.15 Å². The van der Waals surface area contributed by atoms with Gasteiger partial charge in [0.2, 0.25) is 0 Å². The highest BCUT2D eigenvalue weighted by atomic mass is 16.5. The second kappa shape index (κ2) is 5.55. The van der Waals surface area contributed by atoms with Crippen LogP contribution >= 0.6 is 0 Å². The van der Waals surface area contributed by atoms with Crippen LogP contribution in [-0.2, 0) is 5.41 Å². The maximum absolute atomic E-state index is 6.12.